The second kappa shape index (κ2) is 6.47. The Labute approximate surface area is 122 Å². The number of cyclic esters (lactones) is 1. The van der Waals surface area contributed by atoms with Crippen molar-refractivity contribution in [1.29, 1.82) is 0 Å². The maximum absolute atomic E-state index is 11.4. The second-order valence-corrected chi connectivity index (χ2v) is 4.63. The topological polar surface area (TPSA) is 82.1 Å². The van der Waals surface area contributed by atoms with Crippen molar-refractivity contribution in [2.75, 3.05) is 13.2 Å². The molecule has 1 aliphatic rings. The first-order valence-corrected chi connectivity index (χ1v) is 6.88. The third-order valence-corrected chi connectivity index (χ3v) is 3.22. The van der Waals surface area contributed by atoms with Crippen LogP contribution in [0.15, 0.2) is 18.2 Å². The van der Waals surface area contributed by atoms with Crippen LogP contribution in [0.3, 0.4) is 0 Å². The number of carboxylic acids is 1. The lowest BCUT2D eigenvalue weighted by Crippen LogP contribution is -2.17. The molecule has 0 aliphatic carbocycles. The first kappa shape index (κ1) is 15.2. The molecule has 0 spiro atoms. The van der Waals surface area contributed by atoms with E-state index in [4.69, 9.17) is 14.2 Å². The fourth-order valence-electron chi connectivity index (χ4n) is 2.32. The smallest absolute Gasteiger partial charge is 0.311 e. The normalized spacial score (nSPS) is 21.0. The van der Waals surface area contributed by atoms with Crippen LogP contribution in [0.1, 0.15) is 31.9 Å². The Morgan fingerprint density at radius 3 is 2.57 bits per heavy atom. The maximum atomic E-state index is 11.4. The fraction of sp³-hybridized carbons (Fsp3) is 0.467. The van der Waals surface area contributed by atoms with Crippen LogP contribution >= 0.6 is 0 Å². The van der Waals surface area contributed by atoms with Crippen LogP contribution in [0.5, 0.6) is 11.5 Å². The van der Waals surface area contributed by atoms with Gasteiger partial charge in [0.05, 0.1) is 19.6 Å². The van der Waals surface area contributed by atoms with E-state index < -0.39 is 24.0 Å². The molecule has 6 nitrogen and oxygen atoms in total. The molecule has 0 saturated carbocycles. The number of carbonyl (C=O) groups is 2. The van der Waals surface area contributed by atoms with Gasteiger partial charge in [-0.05, 0) is 31.5 Å². The summed E-state index contributed by atoms with van der Waals surface area (Å²) in [5.41, 5.74) is 0.597. The van der Waals surface area contributed by atoms with E-state index in [9.17, 15) is 14.7 Å². The van der Waals surface area contributed by atoms with Gasteiger partial charge in [-0.15, -0.1) is 0 Å². The molecule has 0 radical (unpaired) electrons. The highest BCUT2D eigenvalue weighted by Gasteiger charge is 2.41. The second-order valence-electron chi connectivity index (χ2n) is 4.63. The third-order valence-electron chi connectivity index (χ3n) is 3.22. The van der Waals surface area contributed by atoms with Crippen molar-refractivity contribution in [2.24, 2.45) is 5.92 Å². The van der Waals surface area contributed by atoms with Gasteiger partial charge in [-0.2, -0.15) is 0 Å². The Morgan fingerprint density at radius 2 is 1.95 bits per heavy atom. The zero-order chi connectivity index (χ0) is 15.4. The number of rotatable bonds is 6. The number of ether oxygens (including phenoxy) is 3. The molecule has 2 atom stereocenters. The van der Waals surface area contributed by atoms with Crippen molar-refractivity contribution in [3.05, 3.63) is 23.8 Å². The van der Waals surface area contributed by atoms with E-state index in [1.54, 1.807) is 18.2 Å². The number of hydrogen-bond acceptors (Lipinski definition) is 5. The molecule has 2 rings (SSSR count). The summed E-state index contributed by atoms with van der Waals surface area (Å²) < 4.78 is 16.1. The summed E-state index contributed by atoms with van der Waals surface area (Å²) in [7, 11) is 0. The van der Waals surface area contributed by atoms with Crippen molar-refractivity contribution in [1.82, 2.24) is 0 Å². The van der Waals surface area contributed by atoms with Crippen molar-refractivity contribution in [3.8, 4) is 11.5 Å². The van der Waals surface area contributed by atoms with Gasteiger partial charge >= 0.3 is 11.9 Å². The van der Waals surface area contributed by atoms with Crippen LogP contribution in [0.25, 0.3) is 0 Å². The Morgan fingerprint density at radius 1 is 1.29 bits per heavy atom. The third kappa shape index (κ3) is 3.26. The fourth-order valence-corrected chi connectivity index (χ4v) is 2.32. The minimum Gasteiger partial charge on any atom is -0.490 e. The summed E-state index contributed by atoms with van der Waals surface area (Å²) in [5, 5.41) is 9.19. The van der Waals surface area contributed by atoms with Gasteiger partial charge in [0.2, 0.25) is 0 Å². The van der Waals surface area contributed by atoms with E-state index in [2.05, 4.69) is 0 Å². The lowest BCUT2D eigenvalue weighted by atomic mass is 9.95. The highest BCUT2D eigenvalue weighted by atomic mass is 16.6. The average Bonchev–Trinajstić information content (AvgIpc) is 2.83. The van der Waals surface area contributed by atoms with Gasteiger partial charge in [0.15, 0.2) is 11.5 Å². The summed E-state index contributed by atoms with van der Waals surface area (Å²) >= 11 is 0. The van der Waals surface area contributed by atoms with Crippen LogP contribution in [0.4, 0.5) is 0 Å². The molecular weight excluding hydrogens is 276 g/mol. The Balaban J connectivity index is 2.32. The summed E-state index contributed by atoms with van der Waals surface area (Å²) in [5.74, 6) is -1.31. The molecule has 1 N–H and O–H groups in total. The van der Waals surface area contributed by atoms with Crippen molar-refractivity contribution in [3.63, 3.8) is 0 Å². The number of aliphatic carboxylic acids is 1. The molecule has 0 aromatic heterocycles. The Kier molecular flexibility index (Phi) is 4.67. The molecule has 6 heteroatoms. The van der Waals surface area contributed by atoms with E-state index in [0.717, 1.165) is 0 Å². The Hall–Kier alpha value is -2.24. The lowest BCUT2D eigenvalue weighted by Gasteiger charge is -2.17. The summed E-state index contributed by atoms with van der Waals surface area (Å²) in [6.07, 6.45) is -0.901. The zero-order valence-corrected chi connectivity index (χ0v) is 12.0. The van der Waals surface area contributed by atoms with Crippen LogP contribution < -0.4 is 9.47 Å². The molecular formula is C15H18O6. The SMILES string of the molecule is CCOc1ccc([C@H]2OC(=O)C[C@H]2C(=O)O)cc1OCC. The van der Waals surface area contributed by atoms with Gasteiger partial charge in [-0.3, -0.25) is 9.59 Å². The molecule has 1 aromatic rings. The Bertz CT molecular complexity index is 539. The minimum absolute atomic E-state index is 0.114. The van der Waals surface area contributed by atoms with Crippen LogP contribution in [-0.4, -0.2) is 30.3 Å². The van der Waals surface area contributed by atoms with Crippen LogP contribution in [-0.2, 0) is 14.3 Å². The van der Waals surface area contributed by atoms with Gasteiger partial charge in [-0.1, -0.05) is 6.07 Å². The van der Waals surface area contributed by atoms with Crippen LogP contribution in [0.2, 0.25) is 0 Å². The zero-order valence-electron chi connectivity index (χ0n) is 12.0. The number of carbonyl (C=O) groups excluding carboxylic acids is 1. The van der Waals surface area contributed by atoms with Gasteiger partial charge in [0.25, 0.3) is 0 Å². The summed E-state index contributed by atoms with van der Waals surface area (Å²) in [4.78, 5) is 22.6. The summed E-state index contributed by atoms with van der Waals surface area (Å²) in [6, 6.07) is 5.08. The summed E-state index contributed by atoms with van der Waals surface area (Å²) in [6.45, 7) is 4.66. The van der Waals surface area contributed by atoms with Gasteiger partial charge < -0.3 is 19.3 Å². The first-order chi connectivity index (χ1) is 10.1. The quantitative estimate of drug-likeness (QED) is 0.810. The molecule has 114 valence electrons. The predicted molar refractivity (Wildman–Crippen MR) is 73.4 cm³/mol. The van der Waals surface area contributed by atoms with Crippen molar-refractivity contribution >= 4 is 11.9 Å². The highest BCUT2D eigenvalue weighted by Crippen LogP contribution is 2.39. The number of benzene rings is 1. The van der Waals surface area contributed by atoms with E-state index in [1.165, 1.54) is 0 Å². The predicted octanol–water partition coefficient (Wildman–Crippen LogP) is 2.17. The molecule has 0 unspecified atom stereocenters. The monoisotopic (exact) mass is 294 g/mol. The molecule has 1 aliphatic heterocycles. The molecule has 1 saturated heterocycles. The van der Waals surface area contributed by atoms with E-state index in [-0.39, 0.29) is 6.42 Å². The van der Waals surface area contributed by atoms with E-state index >= 15 is 0 Å². The van der Waals surface area contributed by atoms with Crippen LogP contribution in [0, 0.1) is 5.92 Å². The first-order valence-electron chi connectivity index (χ1n) is 6.88. The lowest BCUT2D eigenvalue weighted by molar-refractivity contribution is -0.144. The van der Waals surface area contributed by atoms with E-state index in [1.807, 2.05) is 13.8 Å². The number of esters is 1. The molecule has 1 aromatic carbocycles. The highest BCUT2D eigenvalue weighted by molar-refractivity contribution is 5.82. The van der Waals surface area contributed by atoms with Gasteiger partial charge in [0.1, 0.15) is 12.0 Å². The van der Waals surface area contributed by atoms with Gasteiger partial charge in [0, 0.05) is 0 Å². The number of hydrogen-bond donors (Lipinski definition) is 1. The molecule has 0 amide bonds. The van der Waals surface area contributed by atoms with Gasteiger partial charge in [-0.25, -0.2) is 0 Å². The largest absolute Gasteiger partial charge is 0.490 e. The maximum Gasteiger partial charge on any atom is 0.311 e. The molecule has 0 bridgehead atoms. The molecule has 1 fully saturated rings. The van der Waals surface area contributed by atoms with E-state index in [0.29, 0.717) is 30.3 Å². The minimum atomic E-state index is -1.04. The van der Waals surface area contributed by atoms with Crippen molar-refractivity contribution < 1.29 is 28.9 Å². The number of carboxylic acid groups (broad SMARTS) is 1. The average molecular weight is 294 g/mol. The molecule has 21 heavy (non-hydrogen) atoms. The standard InChI is InChI=1S/C15H18O6/c1-3-19-11-6-5-9(7-12(11)20-4-2)14-10(15(17)18)8-13(16)21-14/h5-7,10,14H,3-4,8H2,1-2H3,(H,17,18)/t10-,14-/m1/s1. The van der Waals surface area contributed by atoms with Crippen molar-refractivity contribution in [2.45, 2.75) is 26.4 Å². The molecule has 1 heterocycles.